The average molecular weight is 601 g/mol. The number of aliphatic hydroxyl groups is 3. The first-order chi connectivity index (χ1) is 19.3. The number of esters is 1. The van der Waals surface area contributed by atoms with Crippen LogP contribution < -0.4 is 0 Å². The Morgan fingerprint density at radius 2 is 1.64 bits per heavy atom. The molecule has 0 aromatic carbocycles. The second kappa shape index (κ2) is 14.8. The van der Waals surface area contributed by atoms with Crippen molar-refractivity contribution in [1.82, 2.24) is 4.90 Å². The number of cyclic esters (lactones) is 1. The van der Waals surface area contributed by atoms with Gasteiger partial charge in [0.2, 0.25) is 0 Å². The molecule has 14 atom stereocenters. The highest BCUT2D eigenvalue weighted by Crippen LogP contribution is 2.39. The minimum absolute atomic E-state index is 0.0488. The topological polar surface area (TPSA) is 130 Å². The summed E-state index contributed by atoms with van der Waals surface area (Å²) >= 11 is 0. The molecule has 0 aromatic heterocycles. The quantitative estimate of drug-likeness (QED) is 0.407. The second-order valence-corrected chi connectivity index (χ2v) is 13.7. The predicted octanol–water partition coefficient (Wildman–Crippen LogP) is 3.29. The van der Waals surface area contributed by atoms with Crippen LogP contribution in [0, 0.1) is 29.6 Å². The Hall–Kier alpha value is -1.14. The Kier molecular flexibility index (Phi) is 13.0. The fourth-order valence-electron chi connectivity index (χ4n) is 7.26. The minimum Gasteiger partial charge on any atom is -0.459 e. The molecule has 0 spiro atoms. The summed E-state index contributed by atoms with van der Waals surface area (Å²) < 4.78 is 24.9. The van der Waals surface area contributed by atoms with E-state index in [0.717, 1.165) is 6.42 Å². The van der Waals surface area contributed by atoms with Crippen LogP contribution in [0.3, 0.4) is 0 Å². The highest BCUT2D eigenvalue weighted by molar-refractivity contribution is 5.89. The van der Waals surface area contributed by atoms with Gasteiger partial charge in [-0.05, 0) is 71.9 Å². The van der Waals surface area contributed by atoms with Gasteiger partial charge in [-0.2, -0.15) is 0 Å². The third kappa shape index (κ3) is 7.92. The molecular formula is C32H60N2O8. The van der Waals surface area contributed by atoms with Gasteiger partial charge < -0.3 is 39.2 Å². The molecule has 2 aliphatic heterocycles. The molecule has 3 N–H and O–H groups in total. The van der Waals surface area contributed by atoms with Gasteiger partial charge in [-0.1, -0.05) is 41.5 Å². The Balaban J connectivity index is 2.62. The van der Waals surface area contributed by atoms with Gasteiger partial charge in [-0.25, -0.2) is 0 Å². The number of likely N-dealkylation sites (N-methyl/N-ethyl adjacent to an activating group) is 1. The second-order valence-electron chi connectivity index (χ2n) is 13.7. The molecule has 1 unspecified atom stereocenters. The van der Waals surface area contributed by atoms with Crippen LogP contribution in [0.2, 0.25) is 0 Å². The zero-order valence-corrected chi connectivity index (χ0v) is 28.3. The van der Waals surface area contributed by atoms with Crippen molar-refractivity contribution in [2.24, 2.45) is 34.6 Å². The number of aliphatic imine (C=N–C) groups is 1. The lowest BCUT2D eigenvalue weighted by Crippen LogP contribution is -2.59. The van der Waals surface area contributed by atoms with E-state index in [9.17, 15) is 20.1 Å². The van der Waals surface area contributed by atoms with Gasteiger partial charge in [0.25, 0.3) is 0 Å². The van der Waals surface area contributed by atoms with Gasteiger partial charge >= 0.3 is 5.97 Å². The number of rotatable bonds is 5. The standard InChI is InChI=1S/C32H60N2O8/c1-14-24-32(9,38)27(35)22(7)25(33-10)17(2)16-31(8,37)28(20(5)19(4)21(6)29(36)41-24)42-30-26(39-13)23(34(11)12)15-18(3)40-30/h17-24,26-28,30,35,37-38H,14-16H2,1-13H3/t17-,18-,19?,20+,21-,22+,23+,24-,26-,27-,28-,30+,31-,32-/m1/s1. The van der Waals surface area contributed by atoms with Crippen molar-refractivity contribution in [1.29, 1.82) is 0 Å². The smallest absolute Gasteiger partial charge is 0.309 e. The normalized spacial score (nSPS) is 47.7. The average Bonchev–Trinajstić information content (AvgIpc) is 2.91. The molecule has 10 nitrogen and oxygen atoms in total. The van der Waals surface area contributed by atoms with Crippen molar-refractivity contribution in [2.45, 2.75) is 136 Å². The lowest BCUT2D eigenvalue weighted by atomic mass is 9.72. The monoisotopic (exact) mass is 600 g/mol. The van der Waals surface area contributed by atoms with E-state index in [2.05, 4.69) is 9.89 Å². The van der Waals surface area contributed by atoms with Crippen molar-refractivity contribution < 1.29 is 39.1 Å². The van der Waals surface area contributed by atoms with Crippen LogP contribution in [0.15, 0.2) is 4.99 Å². The van der Waals surface area contributed by atoms with Gasteiger partial charge in [0.15, 0.2) is 6.29 Å². The van der Waals surface area contributed by atoms with Crippen molar-refractivity contribution in [3.8, 4) is 0 Å². The molecule has 10 heteroatoms. The highest BCUT2D eigenvalue weighted by atomic mass is 16.7. The summed E-state index contributed by atoms with van der Waals surface area (Å²) in [7, 11) is 7.31. The third-order valence-electron chi connectivity index (χ3n) is 10.2. The molecule has 42 heavy (non-hydrogen) atoms. The number of hydrogen-bond acceptors (Lipinski definition) is 10. The summed E-state index contributed by atoms with van der Waals surface area (Å²) in [6, 6.07) is 0.0488. The van der Waals surface area contributed by atoms with Crippen molar-refractivity contribution >= 4 is 11.7 Å². The van der Waals surface area contributed by atoms with E-state index in [-0.39, 0.29) is 36.3 Å². The molecule has 246 valence electrons. The van der Waals surface area contributed by atoms with Crippen molar-refractivity contribution in [3.05, 3.63) is 0 Å². The predicted molar refractivity (Wildman–Crippen MR) is 163 cm³/mol. The zero-order valence-electron chi connectivity index (χ0n) is 28.3. The Morgan fingerprint density at radius 3 is 2.14 bits per heavy atom. The lowest BCUT2D eigenvalue weighted by molar-refractivity contribution is -0.300. The van der Waals surface area contributed by atoms with Gasteiger partial charge in [0.1, 0.15) is 17.8 Å². The third-order valence-corrected chi connectivity index (χ3v) is 10.2. The van der Waals surface area contributed by atoms with Gasteiger partial charge in [0.05, 0.1) is 29.8 Å². The molecular weight excluding hydrogens is 540 g/mol. The first-order valence-electron chi connectivity index (χ1n) is 15.6. The first-order valence-corrected chi connectivity index (χ1v) is 15.6. The van der Waals surface area contributed by atoms with Crippen LogP contribution in [0.1, 0.15) is 81.6 Å². The molecule has 0 aromatic rings. The summed E-state index contributed by atoms with van der Waals surface area (Å²) in [5, 5.41) is 35.1. The van der Waals surface area contributed by atoms with E-state index >= 15 is 0 Å². The number of hydrogen-bond donors (Lipinski definition) is 3. The van der Waals surface area contributed by atoms with Gasteiger partial charge in [-0.15, -0.1) is 0 Å². The van der Waals surface area contributed by atoms with Crippen LogP contribution in [-0.4, -0.2) is 114 Å². The zero-order chi connectivity index (χ0) is 32.3. The Labute approximate surface area is 254 Å². The molecule has 0 amide bonds. The van der Waals surface area contributed by atoms with Crippen molar-refractivity contribution in [2.75, 3.05) is 28.3 Å². The first kappa shape index (κ1) is 37.0. The van der Waals surface area contributed by atoms with E-state index < -0.39 is 59.7 Å². The number of carbonyl (C=O) groups is 1. The molecule has 2 rings (SSSR count). The molecule has 0 aliphatic carbocycles. The van der Waals surface area contributed by atoms with Crippen molar-refractivity contribution in [3.63, 3.8) is 0 Å². The fraction of sp³-hybridized carbons (Fsp3) is 0.938. The Bertz CT molecular complexity index is 909. The number of carbonyl (C=O) groups excluding carboxylic acids is 1. The van der Waals surface area contributed by atoms with Crippen LogP contribution in [0.5, 0.6) is 0 Å². The van der Waals surface area contributed by atoms with E-state index in [0.29, 0.717) is 12.1 Å². The Morgan fingerprint density at radius 1 is 1.05 bits per heavy atom. The summed E-state index contributed by atoms with van der Waals surface area (Å²) in [5.41, 5.74) is -2.44. The molecule has 0 saturated carbocycles. The van der Waals surface area contributed by atoms with Crippen LogP contribution in [0.4, 0.5) is 0 Å². The maximum absolute atomic E-state index is 13.5. The van der Waals surface area contributed by atoms with Crippen LogP contribution in [0.25, 0.3) is 0 Å². The molecule has 2 fully saturated rings. The fourth-order valence-corrected chi connectivity index (χ4v) is 7.26. The summed E-state index contributed by atoms with van der Waals surface area (Å²) in [5.74, 6) is -2.46. The molecule has 0 bridgehead atoms. The molecule has 2 aliphatic rings. The lowest BCUT2D eigenvalue weighted by Gasteiger charge is -2.48. The number of methoxy groups -OCH3 is 1. The highest BCUT2D eigenvalue weighted by Gasteiger charge is 2.50. The summed E-state index contributed by atoms with van der Waals surface area (Å²) in [4.78, 5) is 20.1. The van der Waals surface area contributed by atoms with E-state index in [1.165, 1.54) is 6.92 Å². The SMILES string of the molecule is CC[C@H]1OC(=O)[C@H](C)C(C)[C@H](C)[C@@H](O[C@@H]2O[C@H](C)C[C@H](N(C)C)[C@H]2OC)[C@](C)(O)C[C@@H](C)C(=NC)[C@H](C)[C@@H](O)[C@]1(C)O. The van der Waals surface area contributed by atoms with Crippen LogP contribution >= 0.6 is 0 Å². The van der Waals surface area contributed by atoms with E-state index in [1.54, 1.807) is 34.9 Å². The molecule has 0 radical (unpaired) electrons. The number of aliphatic hydroxyl groups excluding tert-OH is 1. The number of nitrogens with zero attached hydrogens (tertiary/aromatic N) is 2. The number of ether oxygens (including phenoxy) is 4. The summed E-state index contributed by atoms with van der Waals surface area (Å²) in [6.45, 7) is 16.6. The van der Waals surface area contributed by atoms with E-state index in [4.69, 9.17) is 18.9 Å². The van der Waals surface area contributed by atoms with Gasteiger partial charge in [0, 0.05) is 31.8 Å². The molecule has 2 heterocycles. The maximum atomic E-state index is 13.5. The minimum atomic E-state index is -1.71. The maximum Gasteiger partial charge on any atom is 0.309 e. The molecule has 2 saturated heterocycles. The van der Waals surface area contributed by atoms with Crippen LogP contribution in [-0.2, 0) is 23.7 Å². The van der Waals surface area contributed by atoms with E-state index in [1.807, 2.05) is 48.7 Å². The summed E-state index contributed by atoms with van der Waals surface area (Å²) in [6.07, 6.45) is -2.76. The van der Waals surface area contributed by atoms with Gasteiger partial charge in [-0.3, -0.25) is 9.79 Å². The largest absolute Gasteiger partial charge is 0.459 e.